The predicted molar refractivity (Wildman–Crippen MR) is 114 cm³/mol. The maximum absolute atomic E-state index is 12.9. The lowest BCUT2D eigenvalue weighted by Crippen LogP contribution is -2.16. The maximum Gasteiger partial charge on any atom is 0.262 e. The first-order chi connectivity index (χ1) is 14.4. The molecule has 1 amide bonds. The van der Waals surface area contributed by atoms with Gasteiger partial charge in [0.15, 0.2) is 0 Å². The second kappa shape index (κ2) is 9.11. The Labute approximate surface area is 175 Å². The molecular weight excluding hydrogens is 402 g/mol. The molecule has 8 heteroatoms. The van der Waals surface area contributed by atoms with Crippen molar-refractivity contribution in [1.82, 2.24) is 0 Å². The van der Waals surface area contributed by atoms with Crippen molar-refractivity contribution in [1.29, 1.82) is 5.26 Å². The standard InChI is InChI=1S/C22H19N3O4S/c1-16-7-8-18(24-22(26)13-14-23)15-21(16)30(27,28)25-17-9-11-20(12-10-17)29-19-5-3-2-4-6-19/h2-12,15,25H,13H2,1H3,(H,24,26). The van der Waals surface area contributed by atoms with Crippen LogP contribution in [0.15, 0.2) is 77.7 Å². The fraction of sp³-hybridized carbons (Fsp3) is 0.0909. The van der Waals surface area contributed by atoms with Crippen molar-refractivity contribution in [3.05, 3.63) is 78.4 Å². The molecule has 3 rings (SSSR count). The summed E-state index contributed by atoms with van der Waals surface area (Å²) < 4.78 is 33.9. The number of anilines is 2. The van der Waals surface area contributed by atoms with Gasteiger partial charge in [-0.05, 0) is 61.0 Å². The van der Waals surface area contributed by atoms with Crippen molar-refractivity contribution in [3.8, 4) is 17.6 Å². The van der Waals surface area contributed by atoms with Crippen LogP contribution < -0.4 is 14.8 Å². The Balaban J connectivity index is 1.76. The predicted octanol–water partition coefficient (Wildman–Crippen LogP) is 4.44. The van der Waals surface area contributed by atoms with Crippen molar-refractivity contribution < 1.29 is 17.9 Å². The van der Waals surface area contributed by atoms with E-state index in [0.29, 0.717) is 28.4 Å². The largest absolute Gasteiger partial charge is 0.457 e. The zero-order chi connectivity index (χ0) is 21.6. The monoisotopic (exact) mass is 421 g/mol. The fourth-order valence-corrected chi connectivity index (χ4v) is 4.00. The van der Waals surface area contributed by atoms with E-state index in [2.05, 4.69) is 10.0 Å². The van der Waals surface area contributed by atoms with Crippen LogP contribution in [0.5, 0.6) is 11.5 Å². The van der Waals surface area contributed by atoms with Crippen molar-refractivity contribution in [2.24, 2.45) is 0 Å². The van der Waals surface area contributed by atoms with Crippen LogP contribution in [-0.4, -0.2) is 14.3 Å². The third-order valence-corrected chi connectivity index (χ3v) is 5.61. The van der Waals surface area contributed by atoms with Crippen LogP contribution >= 0.6 is 0 Å². The van der Waals surface area contributed by atoms with Gasteiger partial charge in [-0.15, -0.1) is 0 Å². The second-order valence-corrected chi connectivity index (χ2v) is 8.06. The fourth-order valence-electron chi connectivity index (χ4n) is 2.67. The van der Waals surface area contributed by atoms with Crippen LogP contribution in [0.2, 0.25) is 0 Å². The number of aryl methyl sites for hydroxylation is 1. The SMILES string of the molecule is Cc1ccc(NC(=O)CC#N)cc1S(=O)(=O)Nc1ccc(Oc2ccccc2)cc1. The van der Waals surface area contributed by atoms with Crippen molar-refractivity contribution in [3.63, 3.8) is 0 Å². The Hall–Kier alpha value is -3.83. The molecule has 0 saturated carbocycles. The van der Waals surface area contributed by atoms with Gasteiger partial charge in [-0.1, -0.05) is 24.3 Å². The van der Waals surface area contributed by atoms with Crippen LogP contribution in [0.4, 0.5) is 11.4 Å². The van der Waals surface area contributed by atoms with E-state index < -0.39 is 15.9 Å². The van der Waals surface area contributed by atoms with Gasteiger partial charge in [-0.2, -0.15) is 5.26 Å². The molecule has 0 heterocycles. The summed E-state index contributed by atoms with van der Waals surface area (Å²) in [5.74, 6) is 0.742. The minimum Gasteiger partial charge on any atom is -0.457 e. The number of carbonyl (C=O) groups excluding carboxylic acids is 1. The zero-order valence-electron chi connectivity index (χ0n) is 16.1. The summed E-state index contributed by atoms with van der Waals surface area (Å²) in [7, 11) is -3.89. The molecular formula is C22H19N3O4S. The minimum atomic E-state index is -3.89. The molecule has 0 bridgehead atoms. The average molecular weight is 421 g/mol. The quantitative estimate of drug-likeness (QED) is 0.586. The lowest BCUT2D eigenvalue weighted by Gasteiger charge is -2.13. The van der Waals surface area contributed by atoms with Gasteiger partial charge >= 0.3 is 0 Å². The van der Waals surface area contributed by atoms with E-state index in [4.69, 9.17) is 10.00 Å². The van der Waals surface area contributed by atoms with Gasteiger partial charge in [0.05, 0.1) is 11.0 Å². The molecule has 0 radical (unpaired) electrons. The first kappa shape index (κ1) is 20.9. The van der Waals surface area contributed by atoms with E-state index >= 15 is 0 Å². The average Bonchev–Trinajstić information content (AvgIpc) is 2.71. The number of nitrogens with zero attached hydrogens (tertiary/aromatic N) is 1. The Morgan fingerprint density at radius 3 is 2.27 bits per heavy atom. The topological polar surface area (TPSA) is 108 Å². The van der Waals surface area contributed by atoms with Crippen molar-refractivity contribution in [2.75, 3.05) is 10.0 Å². The number of para-hydroxylation sites is 1. The normalized spacial score (nSPS) is 10.7. The summed E-state index contributed by atoms with van der Waals surface area (Å²) in [4.78, 5) is 11.6. The number of nitrogens with one attached hydrogen (secondary N) is 2. The van der Waals surface area contributed by atoms with E-state index in [1.807, 2.05) is 30.3 Å². The molecule has 2 N–H and O–H groups in total. The molecule has 0 aliphatic rings. The lowest BCUT2D eigenvalue weighted by atomic mass is 10.2. The van der Waals surface area contributed by atoms with Gasteiger partial charge in [0.1, 0.15) is 17.9 Å². The van der Waals surface area contributed by atoms with Crippen LogP contribution in [0.3, 0.4) is 0 Å². The highest BCUT2D eigenvalue weighted by atomic mass is 32.2. The number of nitriles is 1. The lowest BCUT2D eigenvalue weighted by molar-refractivity contribution is -0.115. The van der Waals surface area contributed by atoms with Crippen LogP contribution in [-0.2, 0) is 14.8 Å². The maximum atomic E-state index is 12.9. The summed E-state index contributed by atoms with van der Waals surface area (Å²) in [6.07, 6.45) is -0.314. The molecule has 0 spiro atoms. The van der Waals surface area contributed by atoms with E-state index in [1.54, 1.807) is 49.4 Å². The number of hydrogen-bond acceptors (Lipinski definition) is 5. The summed E-state index contributed by atoms with van der Waals surface area (Å²) in [6.45, 7) is 1.66. The summed E-state index contributed by atoms with van der Waals surface area (Å²) in [5, 5.41) is 11.1. The first-order valence-corrected chi connectivity index (χ1v) is 10.5. The molecule has 7 nitrogen and oxygen atoms in total. The molecule has 0 fully saturated rings. The summed E-state index contributed by atoms with van der Waals surface area (Å²) in [5.41, 5.74) is 1.19. The molecule has 0 atom stereocenters. The highest BCUT2D eigenvalue weighted by Crippen LogP contribution is 2.26. The number of hydrogen-bond donors (Lipinski definition) is 2. The van der Waals surface area contributed by atoms with Gasteiger partial charge < -0.3 is 10.1 Å². The smallest absolute Gasteiger partial charge is 0.262 e. The van der Waals surface area contributed by atoms with E-state index in [0.717, 1.165) is 0 Å². The molecule has 30 heavy (non-hydrogen) atoms. The molecule has 0 unspecified atom stereocenters. The Morgan fingerprint density at radius 2 is 1.60 bits per heavy atom. The van der Waals surface area contributed by atoms with E-state index in [1.165, 1.54) is 6.07 Å². The van der Waals surface area contributed by atoms with Crippen LogP contribution in [0.25, 0.3) is 0 Å². The van der Waals surface area contributed by atoms with Gasteiger partial charge in [-0.3, -0.25) is 9.52 Å². The number of amides is 1. The van der Waals surface area contributed by atoms with Crippen molar-refractivity contribution in [2.45, 2.75) is 18.2 Å². The highest BCUT2D eigenvalue weighted by Gasteiger charge is 2.18. The van der Waals surface area contributed by atoms with E-state index in [-0.39, 0.29) is 11.3 Å². The third-order valence-electron chi connectivity index (χ3n) is 4.09. The molecule has 0 aliphatic carbocycles. The van der Waals surface area contributed by atoms with E-state index in [9.17, 15) is 13.2 Å². The number of sulfonamides is 1. The summed E-state index contributed by atoms with van der Waals surface area (Å²) >= 11 is 0. The van der Waals surface area contributed by atoms with Crippen molar-refractivity contribution >= 4 is 27.3 Å². The molecule has 0 aromatic heterocycles. The third kappa shape index (κ3) is 5.37. The molecule has 152 valence electrons. The van der Waals surface area contributed by atoms with Gasteiger partial charge in [0.2, 0.25) is 5.91 Å². The zero-order valence-corrected chi connectivity index (χ0v) is 16.9. The Bertz CT molecular complexity index is 1190. The molecule has 0 aliphatic heterocycles. The van der Waals surface area contributed by atoms with Gasteiger partial charge in [0, 0.05) is 11.4 Å². The number of carbonyl (C=O) groups is 1. The van der Waals surface area contributed by atoms with Gasteiger partial charge in [0.25, 0.3) is 10.0 Å². The Morgan fingerprint density at radius 1 is 0.967 bits per heavy atom. The van der Waals surface area contributed by atoms with Gasteiger partial charge in [-0.25, -0.2) is 8.42 Å². The number of benzene rings is 3. The number of ether oxygens (including phenoxy) is 1. The highest BCUT2D eigenvalue weighted by molar-refractivity contribution is 7.92. The van der Waals surface area contributed by atoms with Crippen LogP contribution in [0, 0.1) is 18.3 Å². The summed E-state index contributed by atoms with van der Waals surface area (Å²) in [6, 6.07) is 22.0. The minimum absolute atomic E-state index is 0.0295. The second-order valence-electron chi connectivity index (χ2n) is 6.41. The Kier molecular flexibility index (Phi) is 6.35. The molecule has 0 saturated heterocycles. The van der Waals surface area contributed by atoms with Crippen LogP contribution in [0.1, 0.15) is 12.0 Å². The first-order valence-electron chi connectivity index (χ1n) is 9.00. The number of rotatable bonds is 7. The molecule has 3 aromatic carbocycles. The molecule has 3 aromatic rings.